The topological polar surface area (TPSA) is 96.6 Å². The van der Waals surface area contributed by atoms with Crippen LogP contribution in [0.3, 0.4) is 0 Å². The van der Waals surface area contributed by atoms with Gasteiger partial charge >= 0.3 is 11.9 Å². The van der Waals surface area contributed by atoms with Gasteiger partial charge in [0.25, 0.3) is 0 Å². The maximum Gasteiger partial charge on any atom is 0.352 e. The number of esters is 2. The molecule has 1 N–H and O–H groups in total. The highest BCUT2D eigenvalue weighted by atomic mass is 16.5. The summed E-state index contributed by atoms with van der Waals surface area (Å²) >= 11 is 0. The Morgan fingerprint density at radius 3 is 2.55 bits per heavy atom. The van der Waals surface area contributed by atoms with E-state index in [2.05, 4.69) is 4.74 Å². The second kappa shape index (κ2) is 6.95. The molecule has 0 heterocycles. The smallest absolute Gasteiger partial charge is 0.352 e. The number of para-hydroxylation sites is 1. The van der Waals surface area contributed by atoms with Gasteiger partial charge in [-0.05, 0) is 19.1 Å². The van der Waals surface area contributed by atoms with Crippen LogP contribution in [0.15, 0.2) is 29.8 Å². The van der Waals surface area contributed by atoms with Crippen molar-refractivity contribution in [2.24, 2.45) is 0 Å². The van der Waals surface area contributed by atoms with Gasteiger partial charge in [-0.2, -0.15) is 5.26 Å². The van der Waals surface area contributed by atoms with Gasteiger partial charge in [-0.3, -0.25) is 4.79 Å². The third-order valence-corrected chi connectivity index (χ3v) is 2.22. The Labute approximate surface area is 115 Å². The average Bonchev–Trinajstić information content (AvgIpc) is 2.39. The molecule has 104 valence electrons. The summed E-state index contributed by atoms with van der Waals surface area (Å²) in [6.45, 7) is 2.85. The highest BCUT2D eigenvalue weighted by Crippen LogP contribution is 2.27. The van der Waals surface area contributed by atoms with Gasteiger partial charge in [0.05, 0.1) is 12.2 Å². The van der Waals surface area contributed by atoms with Crippen molar-refractivity contribution in [2.75, 3.05) is 6.61 Å². The predicted octanol–water partition coefficient (Wildman–Crippen LogP) is 1.97. The van der Waals surface area contributed by atoms with Gasteiger partial charge < -0.3 is 14.6 Å². The Morgan fingerprint density at radius 2 is 2.00 bits per heavy atom. The predicted molar refractivity (Wildman–Crippen MR) is 69.5 cm³/mol. The summed E-state index contributed by atoms with van der Waals surface area (Å²) in [7, 11) is 0. The SMILES string of the molecule is CCOC(=O)/C(C#N)=C(/O)c1ccccc1OC(C)=O. The summed E-state index contributed by atoms with van der Waals surface area (Å²) in [5, 5.41) is 19.0. The van der Waals surface area contributed by atoms with E-state index < -0.39 is 23.3 Å². The zero-order chi connectivity index (χ0) is 15.1. The van der Waals surface area contributed by atoms with Crippen molar-refractivity contribution in [3.05, 3.63) is 35.4 Å². The molecule has 20 heavy (non-hydrogen) atoms. The lowest BCUT2D eigenvalue weighted by Crippen LogP contribution is -2.10. The molecule has 0 spiro atoms. The number of ether oxygens (including phenoxy) is 2. The van der Waals surface area contributed by atoms with E-state index in [1.807, 2.05) is 0 Å². The highest BCUT2D eigenvalue weighted by molar-refractivity contribution is 6.00. The molecule has 0 fully saturated rings. The standard InChI is InChI=1S/C14H13NO5/c1-3-19-14(18)11(8-15)13(17)10-6-4-5-7-12(10)20-9(2)16/h4-7,17H,3H2,1-2H3/b13-11+. The number of aliphatic hydroxyl groups excluding tert-OH is 1. The highest BCUT2D eigenvalue weighted by Gasteiger charge is 2.20. The van der Waals surface area contributed by atoms with Crippen LogP contribution in [0, 0.1) is 11.3 Å². The molecular formula is C14H13NO5. The molecule has 0 aliphatic rings. The maximum absolute atomic E-state index is 11.6. The second-order valence-electron chi connectivity index (χ2n) is 3.65. The molecule has 6 nitrogen and oxygen atoms in total. The van der Waals surface area contributed by atoms with Crippen LogP contribution in [-0.4, -0.2) is 23.7 Å². The van der Waals surface area contributed by atoms with E-state index in [1.165, 1.54) is 19.1 Å². The fourth-order valence-corrected chi connectivity index (χ4v) is 1.44. The van der Waals surface area contributed by atoms with E-state index in [0.29, 0.717) is 0 Å². The van der Waals surface area contributed by atoms with Gasteiger partial charge in [-0.15, -0.1) is 0 Å². The molecule has 0 saturated heterocycles. The number of hydrogen-bond donors (Lipinski definition) is 1. The summed E-state index contributed by atoms with van der Waals surface area (Å²) in [6.07, 6.45) is 0. The van der Waals surface area contributed by atoms with Gasteiger partial charge in [0.2, 0.25) is 0 Å². The molecule has 0 aliphatic carbocycles. The first kappa shape index (κ1) is 15.2. The molecular weight excluding hydrogens is 262 g/mol. The van der Waals surface area contributed by atoms with Crippen LogP contribution in [0.4, 0.5) is 0 Å². The van der Waals surface area contributed by atoms with Gasteiger partial charge in [0, 0.05) is 6.92 Å². The van der Waals surface area contributed by atoms with Crippen LogP contribution in [-0.2, 0) is 14.3 Å². The zero-order valence-corrected chi connectivity index (χ0v) is 11.0. The maximum atomic E-state index is 11.6. The van der Waals surface area contributed by atoms with Crippen molar-refractivity contribution in [2.45, 2.75) is 13.8 Å². The van der Waals surface area contributed by atoms with Gasteiger partial charge in [0.15, 0.2) is 11.3 Å². The summed E-state index contributed by atoms with van der Waals surface area (Å²) in [6, 6.07) is 7.60. The van der Waals surface area contributed by atoms with E-state index in [9.17, 15) is 14.7 Å². The summed E-state index contributed by atoms with van der Waals surface area (Å²) in [4.78, 5) is 22.5. The van der Waals surface area contributed by atoms with Crippen molar-refractivity contribution in [3.8, 4) is 11.8 Å². The number of carbonyl (C=O) groups is 2. The Hall–Kier alpha value is -2.81. The van der Waals surface area contributed by atoms with E-state index >= 15 is 0 Å². The van der Waals surface area contributed by atoms with Crippen molar-refractivity contribution in [1.82, 2.24) is 0 Å². The number of benzene rings is 1. The van der Waals surface area contributed by atoms with Gasteiger partial charge in [-0.25, -0.2) is 4.79 Å². The minimum Gasteiger partial charge on any atom is -0.506 e. The van der Waals surface area contributed by atoms with E-state index in [0.717, 1.165) is 0 Å². The van der Waals surface area contributed by atoms with Crippen LogP contribution in [0.5, 0.6) is 5.75 Å². The minimum absolute atomic E-state index is 0.0505. The molecule has 0 radical (unpaired) electrons. The minimum atomic E-state index is -0.940. The third-order valence-electron chi connectivity index (χ3n) is 2.22. The molecule has 0 aromatic heterocycles. The molecule has 0 atom stereocenters. The summed E-state index contributed by atoms with van der Waals surface area (Å²) in [5.41, 5.74) is -0.487. The summed E-state index contributed by atoms with van der Waals surface area (Å²) in [5.74, 6) is -2.07. The fraction of sp³-hybridized carbons (Fsp3) is 0.214. The lowest BCUT2D eigenvalue weighted by Gasteiger charge is -2.09. The molecule has 0 amide bonds. The quantitative estimate of drug-likeness (QED) is 0.296. The van der Waals surface area contributed by atoms with Crippen LogP contribution < -0.4 is 4.74 Å². The molecule has 1 aromatic rings. The number of aliphatic hydroxyl groups is 1. The van der Waals surface area contributed by atoms with Crippen LogP contribution in [0.2, 0.25) is 0 Å². The number of hydrogen-bond acceptors (Lipinski definition) is 6. The zero-order valence-electron chi connectivity index (χ0n) is 11.0. The fourth-order valence-electron chi connectivity index (χ4n) is 1.44. The molecule has 1 aromatic carbocycles. The molecule has 0 unspecified atom stereocenters. The summed E-state index contributed by atoms with van der Waals surface area (Å²) < 4.78 is 9.58. The number of nitrogens with zero attached hydrogens (tertiary/aromatic N) is 1. The van der Waals surface area contributed by atoms with E-state index in [1.54, 1.807) is 25.1 Å². The Kier molecular flexibility index (Phi) is 5.30. The lowest BCUT2D eigenvalue weighted by molar-refractivity contribution is -0.138. The lowest BCUT2D eigenvalue weighted by atomic mass is 10.1. The van der Waals surface area contributed by atoms with Crippen molar-refractivity contribution in [3.63, 3.8) is 0 Å². The molecule has 1 rings (SSSR count). The van der Waals surface area contributed by atoms with Gasteiger partial charge in [-0.1, -0.05) is 12.1 Å². The Balaban J connectivity index is 3.31. The Morgan fingerprint density at radius 1 is 1.35 bits per heavy atom. The van der Waals surface area contributed by atoms with Crippen molar-refractivity contribution >= 4 is 17.7 Å². The van der Waals surface area contributed by atoms with Gasteiger partial charge in [0.1, 0.15) is 11.8 Å². The number of rotatable bonds is 4. The van der Waals surface area contributed by atoms with E-state index in [4.69, 9.17) is 10.00 Å². The molecule has 0 aliphatic heterocycles. The van der Waals surface area contributed by atoms with Crippen LogP contribution >= 0.6 is 0 Å². The first-order valence-corrected chi connectivity index (χ1v) is 5.79. The monoisotopic (exact) mass is 275 g/mol. The first-order chi connectivity index (χ1) is 9.51. The van der Waals surface area contributed by atoms with Crippen LogP contribution in [0.1, 0.15) is 19.4 Å². The number of carbonyl (C=O) groups excluding carboxylic acids is 2. The second-order valence-corrected chi connectivity index (χ2v) is 3.65. The largest absolute Gasteiger partial charge is 0.506 e. The first-order valence-electron chi connectivity index (χ1n) is 5.79. The molecule has 6 heteroatoms. The Bertz CT molecular complexity index is 598. The number of nitriles is 1. The third kappa shape index (κ3) is 3.59. The van der Waals surface area contributed by atoms with E-state index in [-0.39, 0.29) is 17.9 Å². The normalized spacial score (nSPS) is 11.1. The molecule has 0 bridgehead atoms. The molecule has 0 saturated carbocycles. The van der Waals surface area contributed by atoms with Crippen molar-refractivity contribution in [1.29, 1.82) is 5.26 Å². The average molecular weight is 275 g/mol. The van der Waals surface area contributed by atoms with Crippen LogP contribution in [0.25, 0.3) is 5.76 Å². The van der Waals surface area contributed by atoms with Crippen molar-refractivity contribution < 1.29 is 24.2 Å².